The lowest BCUT2D eigenvalue weighted by molar-refractivity contribution is -0.329. The lowest BCUT2D eigenvalue weighted by atomic mass is 9.83. The molecule has 2 aromatic rings. The topological polar surface area (TPSA) is 145 Å². The van der Waals surface area contributed by atoms with Crippen LogP contribution in [0.5, 0.6) is 0 Å². The number of nitriles is 1. The molecule has 2 aliphatic rings. The third-order valence-electron chi connectivity index (χ3n) is 6.35. The van der Waals surface area contributed by atoms with Gasteiger partial charge in [0.1, 0.15) is 31.0 Å². The maximum Gasteiger partial charge on any atom is 0.225 e. The van der Waals surface area contributed by atoms with Gasteiger partial charge < -0.3 is 34.7 Å². The minimum absolute atomic E-state index is 0.210. The summed E-state index contributed by atoms with van der Waals surface area (Å²) in [5.41, 5.74) is 2.51. The second-order valence-corrected chi connectivity index (χ2v) is 8.38. The van der Waals surface area contributed by atoms with E-state index < -0.39 is 36.3 Å². The molecule has 9 heteroatoms. The number of ether oxygens (including phenoxy) is 2. The third kappa shape index (κ3) is 3.81. The predicted octanol–water partition coefficient (Wildman–Crippen LogP) is 0.546. The monoisotopic (exact) mass is 454 g/mol. The molecule has 2 saturated heterocycles. The highest BCUT2D eigenvalue weighted by atomic mass is 16.8. The first-order chi connectivity index (χ1) is 15.8. The van der Waals surface area contributed by atoms with Crippen molar-refractivity contribution in [2.24, 2.45) is 5.16 Å². The fourth-order valence-corrected chi connectivity index (χ4v) is 4.41. The van der Waals surface area contributed by atoms with Gasteiger partial charge in [0, 0.05) is 5.56 Å². The van der Waals surface area contributed by atoms with Gasteiger partial charge in [-0.1, -0.05) is 35.5 Å². The van der Waals surface area contributed by atoms with E-state index in [9.17, 15) is 25.7 Å². The van der Waals surface area contributed by atoms with Crippen LogP contribution in [0.2, 0.25) is 0 Å². The van der Waals surface area contributed by atoms with Gasteiger partial charge in [-0.3, -0.25) is 0 Å². The number of nitrogens with zero attached hydrogens (tertiary/aromatic N) is 2. The van der Waals surface area contributed by atoms with E-state index in [1.807, 2.05) is 31.2 Å². The molecule has 5 unspecified atom stereocenters. The lowest BCUT2D eigenvalue weighted by Crippen LogP contribution is -2.65. The molecule has 33 heavy (non-hydrogen) atoms. The van der Waals surface area contributed by atoms with E-state index in [2.05, 4.69) is 11.2 Å². The summed E-state index contributed by atoms with van der Waals surface area (Å²) in [5.74, 6) is -1.78. The third-order valence-corrected chi connectivity index (χ3v) is 6.35. The van der Waals surface area contributed by atoms with E-state index >= 15 is 0 Å². The SMILES string of the molecule is CON=C(C)c1ccc(Cc2cc(C34OCC(CO)(O3)C(O)C(O)C4O)ccc2C#N)cc1. The van der Waals surface area contributed by atoms with Gasteiger partial charge in [-0.15, -0.1) is 0 Å². The van der Waals surface area contributed by atoms with Crippen LogP contribution in [0.25, 0.3) is 0 Å². The van der Waals surface area contributed by atoms with E-state index in [4.69, 9.17) is 14.3 Å². The van der Waals surface area contributed by atoms with Gasteiger partial charge in [-0.05, 0) is 42.2 Å². The van der Waals surface area contributed by atoms with Crippen molar-refractivity contribution in [2.45, 2.75) is 43.0 Å². The van der Waals surface area contributed by atoms with E-state index in [1.165, 1.54) is 7.11 Å². The molecule has 0 radical (unpaired) electrons. The standard InChI is InChI=1S/C24H26N2O7/c1-14(26-31-2)16-5-3-15(4-6-16)9-18-10-19(8-7-17(18)11-25)24-22(30)20(28)21(29)23(12-27,33-24)13-32-24/h3-8,10,20-22,27-30H,9,12-13H2,1-2H3. The van der Waals surface area contributed by atoms with Crippen molar-refractivity contribution in [3.63, 3.8) is 0 Å². The van der Waals surface area contributed by atoms with Crippen LogP contribution < -0.4 is 0 Å². The molecule has 0 amide bonds. The Kier molecular flexibility index (Phi) is 6.24. The molecule has 174 valence electrons. The Hall–Kier alpha value is -2.84. The minimum atomic E-state index is -1.78. The van der Waals surface area contributed by atoms with E-state index in [0.717, 1.165) is 16.8 Å². The summed E-state index contributed by atoms with van der Waals surface area (Å²) in [6.07, 6.45) is -4.29. The maximum atomic E-state index is 10.8. The minimum Gasteiger partial charge on any atom is -0.399 e. The molecule has 4 rings (SSSR count). The summed E-state index contributed by atoms with van der Waals surface area (Å²) in [6.45, 7) is 1.03. The molecule has 9 nitrogen and oxygen atoms in total. The zero-order valence-corrected chi connectivity index (χ0v) is 18.3. The summed E-state index contributed by atoms with van der Waals surface area (Å²) in [7, 11) is 1.49. The quantitative estimate of drug-likeness (QED) is 0.366. The Bertz CT molecular complexity index is 1100. The van der Waals surface area contributed by atoms with Crippen molar-refractivity contribution < 1.29 is 34.7 Å². The van der Waals surface area contributed by atoms with Crippen molar-refractivity contribution in [3.8, 4) is 6.07 Å². The number of hydrogen-bond acceptors (Lipinski definition) is 9. The number of hydrogen-bond donors (Lipinski definition) is 4. The van der Waals surface area contributed by atoms with Gasteiger partial charge in [0.05, 0.1) is 30.6 Å². The normalized spacial score (nSPS) is 31.3. The van der Waals surface area contributed by atoms with Crippen molar-refractivity contribution >= 4 is 5.71 Å². The van der Waals surface area contributed by atoms with Crippen LogP contribution in [0.1, 0.15) is 34.7 Å². The van der Waals surface area contributed by atoms with Crippen LogP contribution in [-0.4, -0.2) is 70.4 Å². The fraction of sp³-hybridized carbons (Fsp3) is 0.417. The fourth-order valence-electron chi connectivity index (χ4n) is 4.41. The molecule has 2 aliphatic heterocycles. The zero-order valence-electron chi connectivity index (χ0n) is 18.3. The molecule has 0 aromatic heterocycles. The predicted molar refractivity (Wildman–Crippen MR) is 116 cm³/mol. The molecule has 0 aliphatic carbocycles. The lowest BCUT2D eigenvalue weighted by Gasteiger charge is -2.46. The number of aliphatic hydroxyl groups excluding tert-OH is 4. The average Bonchev–Trinajstić information content (AvgIpc) is 3.22. The Morgan fingerprint density at radius 3 is 2.55 bits per heavy atom. The number of rotatable bonds is 6. The van der Waals surface area contributed by atoms with Gasteiger partial charge in [-0.25, -0.2) is 0 Å². The number of benzene rings is 2. The van der Waals surface area contributed by atoms with Crippen LogP contribution in [0.4, 0.5) is 0 Å². The van der Waals surface area contributed by atoms with Gasteiger partial charge in [0.25, 0.3) is 0 Å². The maximum absolute atomic E-state index is 10.8. The molecule has 2 aromatic carbocycles. The first-order valence-corrected chi connectivity index (χ1v) is 10.5. The highest BCUT2D eigenvalue weighted by Crippen LogP contribution is 2.49. The Labute approximate surface area is 191 Å². The van der Waals surface area contributed by atoms with E-state index in [-0.39, 0.29) is 6.61 Å². The smallest absolute Gasteiger partial charge is 0.225 e. The average molecular weight is 454 g/mol. The van der Waals surface area contributed by atoms with Crippen LogP contribution in [0, 0.1) is 11.3 Å². The molecule has 2 heterocycles. The van der Waals surface area contributed by atoms with Crippen molar-refractivity contribution in [2.75, 3.05) is 20.3 Å². The second-order valence-electron chi connectivity index (χ2n) is 8.38. The molecular formula is C24H26N2O7. The summed E-state index contributed by atoms with van der Waals surface area (Å²) < 4.78 is 11.7. The van der Waals surface area contributed by atoms with E-state index in [1.54, 1.807) is 18.2 Å². The molecule has 0 spiro atoms. The Morgan fingerprint density at radius 2 is 1.91 bits per heavy atom. The molecule has 5 atom stereocenters. The van der Waals surface area contributed by atoms with Crippen molar-refractivity contribution in [1.29, 1.82) is 5.26 Å². The van der Waals surface area contributed by atoms with E-state index in [0.29, 0.717) is 23.1 Å². The van der Waals surface area contributed by atoms with Crippen molar-refractivity contribution in [1.82, 2.24) is 0 Å². The van der Waals surface area contributed by atoms with Gasteiger partial charge in [-0.2, -0.15) is 5.26 Å². The summed E-state index contributed by atoms with van der Waals surface area (Å²) in [6, 6.07) is 14.7. The number of oxime groups is 1. The summed E-state index contributed by atoms with van der Waals surface area (Å²) in [5, 5.41) is 54.9. The van der Waals surface area contributed by atoms with Gasteiger partial charge in [0.15, 0.2) is 0 Å². The van der Waals surface area contributed by atoms with Crippen LogP contribution in [0.15, 0.2) is 47.6 Å². The first-order valence-electron chi connectivity index (χ1n) is 10.5. The van der Waals surface area contributed by atoms with Crippen LogP contribution in [-0.2, 0) is 26.5 Å². The van der Waals surface area contributed by atoms with Crippen LogP contribution >= 0.6 is 0 Å². The highest BCUT2D eigenvalue weighted by Gasteiger charge is 2.67. The number of fused-ring (bicyclic) bond motifs is 2. The molecular weight excluding hydrogens is 428 g/mol. The summed E-state index contributed by atoms with van der Waals surface area (Å²) >= 11 is 0. The van der Waals surface area contributed by atoms with Crippen LogP contribution in [0.3, 0.4) is 0 Å². The molecule has 0 saturated carbocycles. The highest BCUT2D eigenvalue weighted by molar-refractivity contribution is 5.98. The summed E-state index contributed by atoms with van der Waals surface area (Å²) in [4.78, 5) is 4.81. The Balaban J connectivity index is 1.68. The van der Waals surface area contributed by atoms with Crippen molar-refractivity contribution in [3.05, 3.63) is 70.3 Å². The zero-order chi connectivity index (χ0) is 23.8. The molecule has 2 bridgehead atoms. The van der Waals surface area contributed by atoms with Gasteiger partial charge >= 0.3 is 0 Å². The molecule has 4 N–H and O–H groups in total. The Morgan fingerprint density at radius 1 is 1.18 bits per heavy atom. The second kappa shape index (κ2) is 8.83. The molecule has 2 fully saturated rings. The largest absolute Gasteiger partial charge is 0.399 e. The first kappa shape index (κ1) is 23.3. The number of aliphatic hydroxyl groups is 4. The van der Waals surface area contributed by atoms with Gasteiger partial charge in [0.2, 0.25) is 5.79 Å².